The van der Waals surface area contributed by atoms with Crippen molar-refractivity contribution in [2.45, 2.75) is 52.2 Å². The van der Waals surface area contributed by atoms with Crippen LogP contribution in [-0.4, -0.2) is 50.3 Å². The topological polar surface area (TPSA) is 76.0 Å². The molecule has 1 N–H and O–H groups in total. The van der Waals surface area contributed by atoms with Crippen LogP contribution in [0.25, 0.3) is 0 Å². The van der Waals surface area contributed by atoms with Gasteiger partial charge in [0.2, 0.25) is 0 Å². The van der Waals surface area contributed by atoms with Gasteiger partial charge >= 0.3 is 0 Å². The molecule has 7 nitrogen and oxygen atoms in total. The molecule has 7 heteroatoms. The van der Waals surface area contributed by atoms with Crippen molar-refractivity contribution in [1.82, 2.24) is 24.6 Å². The van der Waals surface area contributed by atoms with Gasteiger partial charge in [-0.15, -0.1) is 0 Å². The fourth-order valence-corrected chi connectivity index (χ4v) is 3.66. The van der Waals surface area contributed by atoms with Crippen molar-refractivity contribution in [3.05, 3.63) is 34.7 Å². The first-order chi connectivity index (χ1) is 12.1. The molecule has 1 aliphatic carbocycles. The summed E-state index contributed by atoms with van der Waals surface area (Å²) >= 11 is 0. The zero-order valence-electron chi connectivity index (χ0n) is 15.1. The summed E-state index contributed by atoms with van der Waals surface area (Å²) in [5.41, 5.74) is 3.07. The number of aromatic amines is 1. The van der Waals surface area contributed by atoms with Crippen LogP contribution in [0.2, 0.25) is 0 Å². The number of ether oxygens (including phenoxy) is 1. The molecule has 1 atom stereocenters. The minimum absolute atomic E-state index is 0.0829. The zero-order chi connectivity index (χ0) is 17.6. The second-order valence-electron chi connectivity index (χ2n) is 6.99. The van der Waals surface area contributed by atoms with Gasteiger partial charge in [0.05, 0.1) is 18.7 Å². The van der Waals surface area contributed by atoms with E-state index in [1.54, 1.807) is 0 Å². The summed E-state index contributed by atoms with van der Waals surface area (Å²) in [5, 5.41) is 7.16. The van der Waals surface area contributed by atoms with Crippen molar-refractivity contribution < 1.29 is 9.53 Å². The van der Waals surface area contributed by atoms with Crippen molar-refractivity contribution in [3.8, 4) is 0 Å². The highest BCUT2D eigenvalue weighted by Gasteiger charge is 2.32. The van der Waals surface area contributed by atoms with Crippen LogP contribution in [-0.2, 0) is 11.2 Å². The predicted molar refractivity (Wildman–Crippen MR) is 92.5 cm³/mol. The lowest BCUT2D eigenvalue weighted by molar-refractivity contribution is -0.0267. The maximum atomic E-state index is 13.1. The summed E-state index contributed by atoms with van der Waals surface area (Å²) in [6.45, 7) is 7.77. The number of aromatic nitrogens is 4. The lowest BCUT2D eigenvalue weighted by Crippen LogP contribution is -2.42. The van der Waals surface area contributed by atoms with Crippen LogP contribution in [0.4, 0.5) is 0 Å². The lowest BCUT2D eigenvalue weighted by atomic mass is 10.2. The molecule has 2 aliphatic rings. The Labute approximate surface area is 147 Å². The van der Waals surface area contributed by atoms with E-state index in [9.17, 15) is 4.79 Å². The smallest absolute Gasteiger partial charge is 0.255 e. The Kier molecular flexibility index (Phi) is 4.11. The summed E-state index contributed by atoms with van der Waals surface area (Å²) in [6, 6.07) is 2.61. The molecular weight excluding hydrogens is 318 g/mol. The van der Waals surface area contributed by atoms with Crippen LogP contribution in [0.15, 0.2) is 6.07 Å². The van der Waals surface area contributed by atoms with E-state index >= 15 is 0 Å². The van der Waals surface area contributed by atoms with E-state index in [1.807, 2.05) is 17.9 Å². The molecule has 1 amide bonds. The number of rotatable bonds is 4. The molecule has 2 aromatic heterocycles. The molecular formula is C18H25N5O2. The number of H-pyrrole nitrogens is 1. The molecule has 2 fully saturated rings. The molecule has 1 saturated heterocycles. The molecule has 134 valence electrons. The monoisotopic (exact) mass is 343 g/mol. The van der Waals surface area contributed by atoms with Gasteiger partial charge in [-0.05, 0) is 32.8 Å². The second kappa shape index (κ2) is 6.29. The van der Waals surface area contributed by atoms with Gasteiger partial charge in [0.15, 0.2) is 5.82 Å². The van der Waals surface area contributed by atoms with Crippen LogP contribution < -0.4 is 0 Å². The summed E-state index contributed by atoms with van der Waals surface area (Å²) in [6.07, 6.45) is 2.97. The van der Waals surface area contributed by atoms with E-state index in [1.165, 1.54) is 18.5 Å². The van der Waals surface area contributed by atoms with E-state index < -0.39 is 0 Å². The minimum atomic E-state index is -0.263. The Hall–Kier alpha value is -2.15. The standard InChI is InChI=1S/C18H25N5O2/c1-4-16-19-17(21-20-16)15-10-22(7-8-25-15)18(24)14-9-11(2)23(12(14)3)13-5-6-13/h9,13,15H,4-8,10H2,1-3H3,(H,19,20,21)/t15-/m1/s1. The third-order valence-corrected chi connectivity index (χ3v) is 5.15. The Morgan fingerprint density at radius 2 is 2.20 bits per heavy atom. The van der Waals surface area contributed by atoms with Crippen molar-refractivity contribution in [2.75, 3.05) is 19.7 Å². The van der Waals surface area contributed by atoms with E-state index in [0.717, 1.165) is 23.5 Å². The fourth-order valence-electron chi connectivity index (χ4n) is 3.66. The highest BCUT2D eigenvalue weighted by atomic mass is 16.5. The Balaban J connectivity index is 1.53. The minimum Gasteiger partial charge on any atom is -0.366 e. The zero-order valence-corrected chi connectivity index (χ0v) is 15.1. The average Bonchev–Trinajstić information content (AvgIpc) is 3.25. The second-order valence-corrected chi connectivity index (χ2v) is 6.99. The average molecular weight is 343 g/mol. The fraction of sp³-hybridized carbons (Fsp3) is 0.611. The molecule has 25 heavy (non-hydrogen) atoms. The molecule has 0 spiro atoms. The quantitative estimate of drug-likeness (QED) is 0.924. The van der Waals surface area contributed by atoms with Crippen LogP contribution in [0.1, 0.15) is 65.3 Å². The molecule has 0 aromatic carbocycles. The summed E-state index contributed by atoms with van der Waals surface area (Å²) < 4.78 is 8.11. The number of aryl methyl sites for hydroxylation is 2. The highest BCUT2D eigenvalue weighted by Crippen LogP contribution is 2.38. The maximum Gasteiger partial charge on any atom is 0.255 e. The van der Waals surface area contributed by atoms with Crippen LogP contribution in [0.5, 0.6) is 0 Å². The van der Waals surface area contributed by atoms with Gasteiger partial charge in [0.25, 0.3) is 5.91 Å². The number of hydrogen-bond acceptors (Lipinski definition) is 4. The predicted octanol–water partition coefficient (Wildman–Crippen LogP) is 2.33. The summed E-state index contributed by atoms with van der Waals surface area (Å²) in [4.78, 5) is 19.4. The van der Waals surface area contributed by atoms with Gasteiger partial charge in [-0.1, -0.05) is 6.92 Å². The van der Waals surface area contributed by atoms with Gasteiger partial charge in [0.1, 0.15) is 11.9 Å². The van der Waals surface area contributed by atoms with E-state index in [0.29, 0.717) is 31.6 Å². The number of nitrogens with zero attached hydrogens (tertiary/aromatic N) is 4. The van der Waals surface area contributed by atoms with Gasteiger partial charge < -0.3 is 14.2 Å². The third kappa shape index (κ3) is 2.97. The molecule has 2 aromatic rings. The molecule has 0 bridgehead atoms. The molecule has 0 radical (unpaired) electrons. The first-order valence-electron chi connectivity index (χ1n) is 9.09. The summed E-state index contributed by atoms with van der Waals surface area (Å²) in [5.74, 6) is 1.56. The number of morpholine rings is 1. The molecule has 0 unspecified atom stereocenters. The first kappa shape index (κ1) is 16.3. The van der Waals surface area contributed by atoms with Crippen molar-refractivity contribution in [1.29, 1.82) is 0 Å². The van der Waals surface area contributed by atoms with E-state index in [2.05, 4.69) is 33.6 Å². The Morgan fingerprint density at radius 3 is 2.88 bits per heavy atom. The van der Waals surface area contributed by atoms with Gasteiger partial charge in [-0.3, -0.25) is 9.89 Å². The van der Waals surface area contributed by atoms with E-state index in [4.69, 9.17) is 4.74 Å². The Bertz CT molecular complexity index is 789. The molecule has 1 aliphatic heterocycles. The van der Waals surface area contributed by atoms with Crippen LogP contribution >= 0.6 is 0 Å². The van der Waals surface area contributed by atoms with Crippen molar-refractivity contribution >= 4 is 5.91 Å². The molecule has 4 rings (SSSR count). The van der Waals surface area contributed by atoms with Gasteiger partial charge in [-0.25, -0.2) is 4.98 Å². The molecule has 1 saturated carbocycles. The lowest BCUT2D eigenvalue weighted by Gasteiger charge is -2.31. The van der Waals surface area contributed by atoms with Crippen LogP contribution in [0.3, 0.4) is 0 Å². The highest BCUT2D eigenvalue weighted by molar-refractivity contribution is 5.95. The number of nitrogens with one attached hydrogen (secondary N) is 1. The number of carbonyl (C=O) groups excluding carboxylic acids is 1. The Morgan fingerprint density at radius 1 is 1.40 bits per heavy atom. The maximum absolute atomic E-state index is 13.1. The van der Waals surface area contributed by atoms with Crippen molar-refractivity contribution in [2.24, 2.45) is 0 Å². The first-order valence-corrected chi connectivity index (χ1v) is 9.09. The van der Waals surface area contributed by atoms with Gasteiger partial charge in [-0.2, -0.15) is 5.10 Å². The SMILES string of the molecule is CCc1nc([C@H]2CN(C(=O)c3cc(C)n(C4CC4)c3C)CCO2)n[nH]1. The molecule has 3 heterocycles. The summed E-state index contributed by atoms with van der Waals surface area (Å²) in [7, 11) is 0. The van der Waals surface area contributed by atoms with Gasteiger partial charge in [0, 0.05) is 30.4 Å². The van der Waals surface area contributed by atoms with E-state index in [-0.39, 0.29) is 12.0 Å². The number of amides is 1. The van der Waals surface area contributed by atoms with Crippen molar-refractivity contribution in [3.63, 3.8) is 0 Å². The normalized spacial score (nSPS) is 20.9. The van der Waals surface area contributed by atoms with Crippen LogP contribution in [0, 0.1) is 13.8 Å². The largest absolute Gasteiger partial charge is 0.366 e. The number of hydrogen-bond donors (Lipinski definition) is 1. The number of carbonyl (C=O) groups is 1. The third-order valence-electron chi connectivity index (χ3n) is 5.15.